The van der Waals surface area contributed by atoms with E-state index in [9.17, 15) is 8.42 Å². The average Bonchev–Trinajstić information content (AvgIpc) is 2.36. The van der Waals surface area contributed by atoms with E-state index in [0.717, 1.165) is 0 Å². The van der Waals surface area contributed by atoms with Gasteiger partial charge in [-0.3, -0.25) is 0 Å². The Balaban J connectivity index is 3.05. The van der Waals surface area contributed by atoms with E-state index >= 15 is 0 Å². The Labute approximate surface area is 126 Å². The zero-order valence-corrected chi connectivity index (χ0v) is 13.8. The van der Waals surface area contributed by atoms with E-state index in [1.54, 1.807) is 18.2 Å². The van der Waals surface area contributed by atoms with Gasteiger partial charge in [-0.25, -0.2) is 13.1 Å². The Kier molecular flexibility index (Phi) is 5.26. The zero-order valence-electron chi connectivity index (χ0n) is 12.2. The number of thiocarbonyl (C=S) groups is 1. The van der Waals surface area contributed by atoms with Gasteiger partial charge in [0.2, 0.25) is 10.0 Å². The summed E-state index contributed by atoms with van der Waals surface area (Å²) in [5, 5.41) is 0. The number of hydrogen-bond acceptors (Lipinski definition) is 4. The standard InChI is InChI=1S/C13H21N3O2S2/c1-13(2,16(3)4)9-15-20(17,18)11-8-6-5-7-10(11)12(14)19/h5-8,15H,9H2,1-4H3,(H2,14,19). The van der Waals surface area contributed by atoms with Crippen LogP contribution in [0.3, 0.4) is 0 Å². The molecule has 112 valence electrons. The third-order valence-corrected chi connectivity index (χ3v) is 5.03. The van der Waals surface area contributed by atoms with Gasteiger partial charge >= 0.3 is 0 Å². The van der Waals surface area contributed by atoms with Crippen molar-refractivity contribution in [2.45, 2.75) is 24.3 Å². The number of sulfonamides is 1. The lowest BCUT2D eigenvalue weighted by atomic mass is 10.1. The molecule has 1 aromatic rings. The molecular weight excluding hydrogens is 294 g/mol. The molecular formula is C13H21N3O2S2. The maximum absolute atomic E-state index is 12.4. The van der Waals surface area contributed by atoms with Crippen LogP contribution in [0.5, 0.6) is 0 Å². The third-order valence-electron chi connectivity index (χ3n) is 3.35. The van der Waals surface area contributed by atoms with Gasteiger partial charge in [0.25, 0.3) is 0 Å². The molecule has 0 aliphatic rings. The van der Waals surface area contributed by atoms with Crippen LogP contribution in [-0.4, -0.2) is 44.5 Å². The van der Waals surface area contributed by atoms with E-state index in [-0.39, 0.29) is 22.0 Å². The molecule has 0 saturated carbocycles. The summed E-state index contributed by atoms with van der Waals surface area (Å²) in [6.07, 6.45) is 0. The minimum atomic E-state index is -3.65. The van der Waals surface area contributed by atoms with E-state index in [0.29, 0.717) is 5.56 Å². The van der Waals surface area contributed by atoms with Crippen LogP contribution in [0.25, 0.3) is 0 Å². The summed E-state index contributed by atoms with van der Waals surface area (Å²) >= 11 is 4.89. The molecule has 3 N–H and O–H groups in total. The first kappa shape index (κ1) is 17.0. The van der Waals surface area contributed by atoms with Crippen molar-refractivity contribution in [3.05, 3.63) is 29.8 Å². The number of nitrogens with two attached hydrogens (primary N) is 1. The fourth-order valence-corrected chi connectivity index (χ4v) is 3.08. The zero-order chi connectivity index (χ0) is 15.6. The summed E-state index contributed by atoms with van der Waals surface area (Å²) < 4.78 is 27.4. The molecule has 0 saturated heterocycles. The summed E-state index contributed by atoms with van der Waals surface area (Å²) in [4.78, 5) is 2.13. The highest BCUT2D eigenvalue weighted by molar-refractivity contribution is 7.89. The Bertz CT molecular complexity index is 595. The Hall–Kier alpha value is -1.02. The lowest BCUT2D eigenvalue weighted by Crippen LogP contribution is -2.48. The highest BCUT2D eigenvalue weighted by atomic mass is 32.2. The summed E-state index contributed by atoms with van der Waals surface area (Å²) in [6.45, 7) is 4.19. The van der Waals surface area contributed by atoms with Crippen LogP contribution in [0, 0.1) is 0 Å². The van der Waals surface area contributed by atoms with Crippen LogP contribution in [0.15, 0.2) is 29.2 Å². The molecule has 1 aromatic carbocycles. The summed E-state index contributed by atoms with van der Waals surface area (Å²) in [5.41, 5.74) is 5.63. The maximum atomic E-state index is 12.4. The number of nitrogens with one attached hydrogen (secondary N) is 1. The lowest BCUT2D eigenvalue weighted by Gasteiger charge is -2.32. The van der Waals surface area contributed by atoms with Crippen molar-refractivity contribution in [1.29, 1.82) is 0 Å². The molecule has 0 aliphatic carbocycles. The Morgan fingerprint density at radius 1 is 1.35 bits per heavy atom. The predicted octanol–water partition coefficient (Wildman–Crippen LogP) is 0.939. The molecule has 7 heteroatoms. The summed E-state index contributed by atoms with van der Waals surface area (Å²) in [7, 11) is 0.153. The lowest BCUT2D eigenvalue weighted by molar-refractivity contribution is 0.199. The van der Waals surface area contributed by atoms with Gasteiger partial charge in [0.05, 0.1) is 4.90 Å². The van der Waals surface area contributed by atoms with Gasteiger partial charge in [-0.15, -0.1) is 0 Å². The van der Waals surface area contributed by atoms with E-state index in [4.69, 9.17) is 18.0 Å². The fraction of sp³-hybridized carbons (Fsp3) is 0.462. The van der Waals surface area contributed by atoms with Gasteiger partial charge in [0, 0.05) is 17.6 Å². The largest absolute Gasteiger partial charge is 0.389 e. The van der Waals surface area contributed by atoms with E-state index in [1.807, 2.05) is 32.8 Å². The first-order chi connectivity index (χ1) is 9.08. The van der Waals surface area contributed by atoms with Crippen molar-refractivity contribution < 1.29 is 8.42 Å². The van der Waals surface area contributed by atoms with Crippen LogP contribution in [-0.2, 0) is 10.0 Å². The fourth-order valence-electron chi connectivity index (χ4n) is 1.41. The van der Waals surface area contributed by atoms with Gasteiger partial charge in [-0.1, -0.05) is 30.4 Å². The topological polar surface area (TPSA) is 75.4 Å². The Morgan fingerprint density at radius 3 is 2.40 bits per heavy atom. The summed E-state index contributed by atoms with van der Waals surface area (Å²) in [6, 6.07) is 6.46. The van der Waals surface area contributed by atoms with Gasteiger partial charge in [0.15, 0.2) is 0 Å². The van der Waals surface area contributed by atoms with E-state index < -0.39 is 10.0 Å². The molecule has 0 aliphatic heterocycles. The molecule has 0 heterocycles. The van der Waals surface area contributed by atoms with Gasteiger partial charge in [-0.2, -0.15) is 0 Å². The maximum Gasteiger partial charge on any atom is 0.241 e. The molecule has 0 fully saturated rings. The number of rotatable bonds is 6. The van der Waals surface area contributed by atoms with Crippen molar-refractivity contribution >= 4 is 27.2 Å². The first-order valence-corrected chi connectivity index (χ1v) is 8.03. The third kappa shape index (κ3) is 3.99. The quantitative estimate of drug-likeness (QED) is 0.764. The van der Waals surface area contributed by atoms with E-state index in [1.165, 1.54) is 6.07 Å². The molecule has 20 heavy (non-hydrogen) atoms. The highest BCUT2D eigenvalue weighted by Gasteiger charge is 2.25. The Morgan fingerprint density at radius 2 is 1.90 bits per heavy atom. The normalized spacial score (nSPS) is 12.7. The molecule has 0 aromatic heterocycles. The average molecular weight is 315 g/mol. The number of nitrogens with zero attached hydrogens (tertiary/aromatic N) is 1. The van der Waals surface area contributed by atoms with Crippen molar-refractivity contribution in [3.63, 3.8) is 0 Å². The number of hydrogen-bond donors (Lipinski definition) is 2. The monoisotopic (exact) mass is 315 g/mol. The number of likely N-dealkylation sites (N-methyl/N-ethyl adjacent to an activating group) is 1. The van der Waals surface area contributed by atoms with Crippen molar-refractivity contribution in [1.82, 2.24) is 9.62 Å². The second-order valence-corrected chi connectivity index (χ2v) is 7.57. The summed E-state index contributed by atoms with van der Waals surface area (Å²) in [5.74, 6) is 0. The van der Waals surface area contributed by atoms with Gasteiger partial charge in [-0.05, 0) is 34.0 Å². The van der Waals surface area contributed by atoms with E-state index in [2.05, 4.69) is 4.72 Å². The smallest absolute Gasteiger partial charge is 0.241 e. The molecule has 0 spiro atoms. The van der Waals surface area contributed by atoms with Crippen LogP contribution >= 0.6 is 12.2 Å². The van der Waals surface area contributed by atoms with Crippen molar-refractivity contribution in [3.8, 4) is 0 Å². The second kappa shape index (κ2) is 6.17. The van der Waals surface area contributed by atoms with Gasteiger partial charge in [0.1, 0.15) is 4.99 Å². The second-order valence-electron chi connectivity index (χ2n) is 5.39. The number of benzene rings is 1. The molecule has 5 nitrogen and oxygen atoms in total. The van der Waals surface area contributed by atoms with Crippen LogP contribution in [0.1, 0.15) is 19.4 Å². The molecule has 0 amide bonds. The first-order valence-electron chi connectivity index (χ1n) is 6.14. The van der Waals surface area contributed by atoms with Crippen LogP contribution in [0.4, 0.5) is 0 Å². The van der Waals surface area contributed by atoms with Gasteiger partial charge < -0.3 is 10.6 Å². The predicted molar refractivity (Wildman–Crippen MR) is 85.3 cm³/mol. The molecule has 0 atom stereocenters. The van der Waals surface area contributed by atoms with Crippen molar-refractivity contribution in [2.75, 3.05) is 20.6 Å². The minimum Gasteiger partial charge on any atom is -0.389 e. The molecule has 0 bridgehead atoms. The SMILES string of the molecule is CN(C)C(C)(C)CNS(=O)(=O)c1ccccc1C(N)=S. The van der Waals surface area contributed by atoms with Crippen LogP contribution in [0.2, 0.25) is 0 Å². The van der Waals surface area contributed by atoms with Crippen molar-refractivity contribution in [2.24, 2.45) is 5.73 Å². The molecule has 0 radical (unpaired) electrons. The molecule has 0 unspecified atom stereocenters. The molecule has 1 rings (SSSR count). The van der Waals surface area contributed by atoms with Crippen LogP contribution < -0.4 is 10.5 Å². The minimum absolute atomic E-state index is 0.0674. The highest BCUT2D eigenvalue weighted by Crippen LogP contribution is 2.16.